The molecule has 2 aromatic carbocycles. The third-order valence-electron chi connectivity index (χ3n) is 5.61. The van der Waals surface area contributed by atoms with Gasteiger partial charge in [0.15, 0.2) is 5.75 Å². The van der Waals surface area contributed by atoms with Crippen molar-refractivity contribution in [2.75, 3.05) is 4.90 Å². The smallest absolute Gasteiger partial charge is 0.230 e. The summed E-state index contributed by atoms with van der Waals surface area (Å²) in [6.45, 7) is 2.14. The monoisotopic (exact) mass is 373 g/mol. The highest BCUT2D eigenvalue weighted by Crippen LogP contribution is 2.44. The topological polar surface area (TPSA) is 47.4 Å². The molecular weight excluding hydrogens is 350 g/mol. The van der Waals surface area contributed by atoms with Crippen LogP contribution in [0.1, 0.15) is 31.7 Å². The second-order valence-electron chi connectivity index (χ2n) is 7.65. The van der Waals surface area contributed by atoms with Gasteiger partial charge in [0.05, 0.1) is 5.69 Å². The highest BCUT2D eigenvalue weighted by Gasteiger charge is 2.39. The van der Waals surface area contributed by atoms with E-state index in [0.29, 0.717) is 0 Å². The van der Waals surface area contributed by atoms with E-state index in [0.717, 1.165) is 54.1 Å². The minimum absolute atomic E-state index is 0.192. The molecule has 2 aliphatic rings. The van der Waals surface area contributed by atoms with Crippen LogP contribution in [0.4, 0.5) is 5.69 Å². The Hall–Kier alpha value is -3.08. The van der Waals surface area contributed by atoms with Gasteiger partial charge in [-0.15, -0.1) is 0 Å². The lowest BCUT2D eigenvalue weighted by Crippen LogP contribution is -2.43. The summed E-state index contributed by atoms with van der Waals surface area (Å²) >= 11 is 0. The maximum atomic E-state index is 13.0. The predicted octanol–water partition coefficient (Wildman–Crippen LogP) is 4.74. The summed E-state index contributed by atoms with van der Waals surface area (Å²) < 4.78 is 8.20. The molecule has 5 heteroatoms. The number of anilines is 1. The van der Waals surface area contributed by atoms with Crippen LogP contribution in [0.2, 0.25) is 0 Å². The fourth-order valence-corrected chi connectivity index (χ4v) is 3.97. The highest BCUT2D eigenvalue weighted by atomic mass is 16.5. The van der Waals surface area contributed by atoms with E-state index >= 15 is 0 Å². The van der Waals surface area contributed by atoms with Crippen molar-refractivity contribution in [3.05, 3.63) is 66.5 Å². The summed E-state index contributed by atoms with van der Waals surface area (Å²) in [5.41, 5.74) is 2.96. The molecule has 0 saturated heterocycles. The summed E-state index contributed by atoms with van der Waals surface area (Å²) in [6.07, 6.45) is 7.50. The van der Waals surface area contributed by atoms with E-state index in [4.69, 9.17) is 4.74 Å². The van der Waals surface area contributed by atoms with Gasteiger partial charge in [-0.1, -0.05) is 18.2 Å². The predicted molar refractivity (Wildman–Crippen MR) is 108 cm³/mol. The zero-order valence-electron chi connectivity index (χ0n) is 15.9. The molecule has 5 nitrogen and oxygen atoms in total. The van der Waals surface area contributed by atoms with Crippen LogP contribution in [0.3, 0.4) is 0 Å². The van der Waals surface area contributed by atoms with E-state index in [9.17, 15) is 4.79 Å². The van der Waals surface area contributed by atoms with Crippen molar-refractivity contribution in [2.24, 2.45) is 5.92 Å². The van der Waals surface area contributed by atoms with Gasteiger partial charge in [0.2, 0.25) is 5.91 Å². The van der Waals surface area contributed by atoms with Gasteiger partial charge >= 0.3 is 0 Å². The van der Waals surface area contributed by atoms with Gasteiger partial charge in [-0.05, 0) is 62.9 Å². The Morgan fingerprint density at radius 3 is 2.54 bits per heavy atom. The van der Waals surface area contributed by atoms with Crippen LogP contribution in [0.5, 0.6) is 11.5 Å². The van der Waals surface area contributed by atoms with Crippen LogP contribution in [0, 0.1) is 5.92 Å². The number of rotatable bonds is 4. The lowest BCUT2D eigenvalue weighted by atomic mass is 9.94. The van der Waals surface area contributed by atoms with Crippen LogP contribution < -0.4 is 9.64 Å². The molecule has 1 unspecified atom stereocenters. The van der Waals surface area contributed by atoms with Crippen molar-refractivity contribution in [3.63, 3.8) is 0 Å². The van der Waals surface area contributed by atoms with E-state index < -0.39 is 0 Å². The number of aromatic nitrogens is 2. The van der Waals surface area contributed by atoms with Crippen LogP contribution in [-0.2, 0) is 11.2 Å². The summed E-state index contributed by atoms with van der Waals surface area (Å²) in [5, 5.41) is 4.40. The largest absolute Gasteiger partial charge is 0.455 e. The van der Waals surface area contributed by atoms with Gasteiger partial charge in [-0.3, -0.25) is 4.79 Å². The molecule has 3 aromatic rings. The molecule has 1 atom stereocenters. The van der Waals surface area contributed by atoms with Gasteiger partial charge in [0.1, 0.15) is 11.4 Å². The van der Waals surface area contributed by atoms with E-state index in [1.807, 2.05) is 58.2 Å². The van der Waals surface area contributed by atoms with Crippen molar-refractivity contribution in [3.8, 4) is 17.2 Å². The first-order valence-electron chi connectivity index (χ1n) is 9.94. The Morgan fingerprint density at radius 1 is 1.04 bits per heavy atom. The molecule has 0 spiro atoms. The van der Waals surface area contributed by atoms with Gasteiger partial charge in [0.25, 0.3) is 0 Å². The molecule has 0 bridgehead atoms. The van der Waals surface area contributed by atoms with Gasteiger partial charge in [-0.2, -0.15) is 5.10 Å². The molecule has 1 aromatic heterocycles. The number of para-hydroxylation sites is 1. The Balaban J connectivity index is 1.65. The Labute approximate surface area is 164 Å². The van der Waals surface area contributed by atoms with Crippen molar-refractivity contribution >= 4 is 11.6 Å². The minimum atomic E-state index is 0.192. The quantitative estimate of drug-likeness (QED) is 0.663. The van der Waals surface area contributed by atoms with Crippen molar-refractivity contribution < 1.29 is 9.53 Å². The average molecular weight is 373 g/mol. The molecule has 2 heterocycles. The van der Waals surface area contributed by atoms with E-state index in [-0.39, 0.29) is 17.9 Å². The standard InChI is InChI=1S/C23H23N3O2/c1-16-8-11-19-20(26(16)23(27)17-9-10-17)12-13-21(25-15-5-14-24-25)22(19)28-18-6-3-2-4-7-18/h2-7,12-17H,8-11H2,1H3. The fourth-order valence-electron chi connectivity index (χ4n) is 3.97. The van der Waals surface area contributed by atoms with Gasteiger partial charge in [0, 0.05) is 29.9 Å². The molecule has 142 valence electrons. The summed E-state index contributed by atoms with van der Waals surface area (Å²) in [7, 11) is 0. The van der Waals surface area contributed by atoms with Crippen LogP contribution in [0.25, 0.3) is 5.69 Å². The summed E-state index contributed by atoms with van der Waals surface area (Å²) in [6, 6.07) is 16.0. The number of hydrogen-bond donors (Lipinski definition) is 0. The first-order valence-corrected chi connectivity index (χ1v) is 9.94. The van der Waals surface area contributed by atoms with E-state index in [1.54, 1.807) is 6.20 Å². The lowest BCUT2D eigenvalue weighted by molar-refractivity contribution is -0.120. The maximum absolute atomic E-state index is 13.0. The van der Waals surface area contributed by atoms with Gasteiger partial charge < -0.3 is 9.64 Å². The molecule has 1 aliphatic heterocycles. The van der Waals surface area contributed by atoms with E-state index in [1.165, 1.54) is 0 Å². The molecule has 28 heavy (non-hydrogen) atoms. The van der Waals surface area contributed by atoms with Crippen molar-refractivity contribution in [2.45, 2.75) is 38.6 Å². The zero-order chi connectivity index (χ0) is 19.1. The van der Waals surface area contributed by atoms with Crippen molar-refractivity contribution in [1.29, 1.82) is 0 Å². The molecular formula is C23H23N3O2. The number of benzene rings is 2. The molecule has 5 rings (SSSR count). The first-order chi connectivity index (χ1) is 13.7. The second-order valence-corrected chi connectivity index (χ2v) is 7.65. The number of carbonyl (C=O) groups excluding carboxylic acids is 1. The Morgan fingerprint density at radius 2 is 1.82 bits per heavy atom. The number of amides is 1. The van der Waals surface area contributed by atoms with Crippen LogP contribution in [0.15, 0.2) is 60.9 Å². The van der Waals surface area contributed by atoms with Crippen molar-refractivity contribution in [1.82, 2.24) is 9.78 Å². The number of hydrogen-bond acceptors (Lipinski definition) is 3. The van der Waals surface area contributed by atoms with E-state index in [2.05, 4.69) is 18.1 Å². The fraction of sp³-hybridized carbons (Fsp3) is 0.304. The third kappa shape index (κ3) is 2.97. The minimum Gasteiger partial charge on any atom is -0.455 e. The third-order valence-corrected chi connectivity index (χ3v) is 5.61. The maximum Gasteiger partial charge on any atom is 0.230 e. The Bertz CT molecular complexity index is 994. The molecule has 0 N–H and O–H groups in total. The zero-order valence-corrected chi connectivity index (χ0v) is 15.9. The average Bonchev–Trinajstić information content (AvgIpc) is 3.43. The van der Waals surface area contributed by atoms with Gasteiger partial charge in [-0.25, -0.2) is 4.68 Å². The molecule has 0 radical (unpaired) electrons. The SMILES string of the molecule is CC1CCc2c(ccc(-n3cccn3)c2Oc2ccccc2)N1C(=O)C1CC1. The first kappa shape index (κ1) is 17.0. The number of ether oxygens (including phenoxy) is 1. The lowest BCUT2D eigenvalue weighted by Gasteiger charge is -2.36. The van der Waals surface area contributed by atoms with Crippen LogP contribution in [-0.4, -0.2) is 21.7 Å². The second kappa shape index (κ2) is 6.82. The normalized spacial score (nSPS) is 18.6. The number of carbonyl (C=O) groups is 1. The summed E-state index contributed by atoms with van der Waals surface area (Å²) in [4.78, 5) is 15.0. The number of nitrogens with zero attached hydrogens (tertiary/aromatic N) is 3. The molecule has 1 amide bonds. The highest BCUT2D eigenvalue weighted by molar-refractivity contribution is 5.98. The molecule has 1 fully saturated rings. The summed E-state index contributed by atoms with van der Waals surface area (Å²) in [5.74, 6) is 2.01. The molecule has 1 aliphatic carbocycles. The van der Waals surface area contributed by atoms with Crippen LogP contribution >= 0.6 is 0 Å². The Kier molecular flexibility index (Phi) is 4.15. The molecule has 1 saturated carbocycles. The number of fused-ring (bicyclic) bond motifs is 1.